The predicted octanol–water partition coefficient (Wildman–Crippen LogP) is 3.78. The average molecular weight is 382 g/mol. The topological polar surface area (TPSA) is 53.7 Å². The molecule has 0 N–H and O–H groups in total. The highest BCUT2D eigenvalue weighted by Crippen LogP contribution is 2.23. The van der Waals surface area contributed by atoms with Crippen LogP contribution in [0.2, 0.25) is 0 Å². The summed E-state index contributed by atoms with van der Waals surface area (Å²) >= 11 is 1.40. The zero-order chi connectivity index (χ0) is 18.8. The molecule has 0 atom stereocenters. The van der Waals surface area contributed by atoms with Crippen molar-refractivity contribution in [3.63, 3.8) is 0 Å². The summed E-state index contributed by atoms with van der Waals surface area (Å²) in [6.45, 7) is 7.14. The van der Waals surface area contributed by atoms with Crippen LogP contribution in [-0.2, 0) is 0 Å². The highest BCUT2D eigenvalue weighted by Gasteiger charge is 2.23. The van der Waals surface area contributed by atoms with Crippen molar-refractivity contribution in [3.05, 3.63) is 48.7 Å². The summed E-state index contributed by atoms with van der Waals surface area (Å²) in [5, 5.41) is 5.32. The van der Waals surface area contributed by atoms with Gasteiger partial charge in [-0.15, -0.1) is 5.10 Å². The van der Waals surface area contributed by atoms with Crippen molar-refractivity contribution in [2.75, 3.05) is 31.1 Å². The van der Waals surface area contributed by atoms with Crippen LogP contribution in [0.4, 0.5) is 10.6 Å². The van der Waals surface area contributed by atoms with Gasteiger partial charge in [-0.2, -0.15) is 0 Å². The highest BCUT2D eigenvalue weighted by molar-refractivity contribution is 8.14. The van der Waals surface area contributed by atoms with Crippen LogP contribution in [0.25, 0.3) is 16.9 Å². The molecule has 0 aliphatic carbocycles. The molecule has 6 nitrogen and oxygen atoms in total. The predicted molar refractivity (Wildman–Crippen MR) is 110 cm³/mol. The van der Waals surface area contributed by atoms with Gasteiger partial charge in [-0.3, -0.25) is 4.79 Å². The molecule has 3 aromatic rings. The fourth-order valence-electron chi connectivity index (χ4n) is 3.23. The zero-order valence-electron chi connectivity index (χ0n) is 15.6. The van der Waals surface area contributed by atoms with Gasteiger partial charge >= 0.3 is 0 Å². The van der Waals surface area contributed by atoms with E-state index in [-0.39, 0.29) is 5.24 Å². The second kappa shape index (κ2) is 7.60. The van der Waals surface area contributed by atoms with Gasteiger partial charge in [0.1, 0.15) is 5.82 Å². The normalized spacial score (nSPS) is 14.9. The number of carbonyl (C=O) groups excluding carboxylic acids is 1. The minimum atomic E-state index is 0.175. The Bertz CT molecular complexity index is 932. The Morgan fingerprint density at radius 1 is 1.04 bits per heavy atom. The number of rotatable bonds is 3. The highest BCUT2D eigenvalue weighted by atomic mass is 32.2. The summed E-state index contributed by atoms with van der Waals surface area (Å²) in [7, 11) is 0. The number of imidazole rings is 1. The SMILES string of the molecule is CC(C)SC(=O)N1CCN(c2ccc3ncc(-c4ccccc4)n3n2)CC1. The standard InChI is InChI=1S/C20H23N5OS/c1-15(2)27-20(26)24-12-10-23(11-13-24)19-9-8-18-21-14-17(25(18)22-19)16-6-4-3-5-7-16/h3-9,14-15H,10-13H2,1-2H3. The Morgan fingerprint density at radius 3 is 2.48 bits per heavy atom. The minimum absolute atomic E-state index is 0.175. The molecule has 3 heterocycles. The van der Waals surface area contributed by atoms with E-state index in [1.807, 2.05) is 59.8 Å². The third kappa shape index (κ3) is 3.78. The number of amides is 1. The van der Waals surface area contributed by atoms with Crippen LogP contribution in [-0.4, -0.2) is 56.2 Å². The summed E-state index contributed by atoms with van der Waals surface area (Å²) in [5.41, 5.74) is 2.91. The van der Waals surface area contributed by atoms with E-state index in [1.54, 1.807) is 0 Å². The first-order chi connectivity index (χ1) is 13.1. The maximum atomic E-state index is 12.2. The number of nitrogens with zero attached hydrogens (tertiary/aromatic N) is 5. The fraction of sp³-hybridized carbons (Fsp3) is 0.350. The van der Waals surface area contributed by atoms with Crippen LogP contribution in [0.1, 0.15) is 13.8 Å². The number of thioether (sulfide) groups is 1. The number of carbonyl (C=O) groups is 1. The molecule has 0 spiro atoms. The summed E-state index contributed by atoms with van der Waals surface area (Å²) in [6, 6.07) is 14.2. The molecule has 0 radical (unpaired) electrons. The third-order valence-electron chi connectivity index (χ3n) is 4.62. The van der Waals surface area contributed by atoms with Crippen molar-refractivity contribution in [3.8, 4) is 11.3 Å². The van der Waals surface area contributed by atoms with E-state index in [9.17, 15) is 4.79 Å². The Morgan fingerprint density at radius 2 is 1.78 bits per heavy atom. The van der Waals surface area contributed by atoms with Crippen LogP contribution in [0, 0.1) is 0 Å². The lowest BCUT2D eigenvalue weighted by atomic mass is 10.2. The van der Waals surface area contributed by atoms with Crippen LogP contribution in [0.3, 0.4) is 0 Å². The molecular weight excluding hydrogens is 358 g/mol. The van der Waals surface area contributed by atoms with Crippen molar-refractivity contribution in [2.45, 2.75) is 19.1 Å². The van der Waals surface area contributed by atoms with E-state index in [1.165, 1.54) is 11.8 Å². The quantitative estimate of drug-likeness (QED) is 0.691. The molecule has 0 saturated carbocycles. The second-order valence-electron chi connectivity index (χ2n) is 6.88. The van der Waals surface area contributed by atoms with E-state index in [0.717, 1.165) is 48.9 Å². The van der Waals surface area contributed by atoms with Crippen LogP contribution < -0.4 is 4.90 Å². The molecule has 1 aromatic carbocycles. The number of anilines is 1. The average Bonchev–Trinajstić information content (AvgIpc) is 3.11. The van der Waals surface area contributed by atoms with E-state index >= 15 is 0 Å². The minimum Gasteiger partial charge on any atom is -0.352 e. The van der Waals surface area contributed by atoms with E-state index in [0.29, 0.717) is 5.25 Å². The monoisotopic (exact) mass is 381 g/mol. The summed E-state index contributed by atoms with van der Waals surface area (Å²) in [5.74, 6) is 0.918. The zero-order valence-corrected chi connectivity index (χ0v) is 16.4. The first-order valence-electron chi connectivity index (χ1n) is 9.22. The summed E-state index contributed by atoms with van der Waals surface area (Å²) in [4.78, 5) is 20.9. The van der Waals surface area contributed by atoms with Crippen LogP contribution in [0.15, 0.2) is 48.7 Å². The Balaban J connectivity index is 1.53. The van der Waals surface area contributed by atoms with Crippen LogP contribution >= 0.6 is 11.8 Å². The molecule has 1 aliphatic rings. The molecule has 1 fully saturated rings. The number of fused-ring (bicyclic) bond motifs is 1. The first-order valence-corrected chi connectivity index (χ1v) is 10.1. The molecule has 7 heteroatoms. The van der Waals surface area contributed by atoms with E-state index < -0.39 is 0 Å². The molecule has 2 aromatic heterocycles. The number of hydrogen-bond donors (Lipinski definition) is 0. The molecule has 1 aliphatic heterocycles. The van der Waals surface area contributed by atoms with Gasteiger partial charge in [-0.25, -0.2) is 9.50 Å². The summed E-state index contributed by atoms with van der Waals surface area (Å²) < 4.78 is 1.90. The summed E-state index contributed by atoms with van der Waals surface area (Å²) in [6.07, 6.45) is 1.86. The lowest BCUT2D eigenvalue weighted by Crippen LogP contribution is -2.48. The second-order valence-corrected chi connectivity index (χ2v) is 8.41. The van der Waals surface area contributed by atoms with Crippen LogP contribution in [0.5, 0.6) is 0 Å². The van der Waals surface area contributed by atoms with Gasteiger partial charge in [0, 0.05) is 37.0 Å². The van der Waals surface area contributed by atoms with Gasteiger partial charge in [-0.05, 0) is 12.1 Å². The maximum Gasteiger partial charge on any atom is 0.282 e. The van der Waals surface area contributed by atoms with Crippen molar-refractivity contribution >= 4 is 28.5 Å². The molecule has 0 unspecified atom stereocenters. The van der Waals surface area contributed by atoms with Crippen molar-refractivity contribution in [2.24, 2.45) is 0 Å². The number of benzene rings is 1. The largest absolute Gasteiger partial charge is 0.352 e. The van der Waals surface area contributed by atoms with Gasteiger partial charge < -0.3 is 9.80 Å². The van der Waals surface area contributed by atoms with E-state index in [4.69, 9.17) is 5.10 Å². The smallest absolute Gasteiger partial charge is 0.282 e. The number of aromatic nitrogens is 3. The molecule has 27 heavy (non-hydrogen) atoms. The number of hydrogen-bond acceptors (Lipinski definition) is 5. The number of piperazine rings is 1. The van der Waals surface area contributed by atoms with Gasteiger partial charge in [0.2, 0.25) is 0 Å². The molecule has 0 bridgehead atoms. The van der Waals surface area contributed by atoms with Gasteiger partial charge in [0.15, 0.2) is 5.65 Å². The molecule has 4 rings (SSSR count). The van der Waals surface area contributed by atoms with Gasteiger partial charge in [-0.1, -0.05) is 55.9 Å². The Hall–Kier alpha value is -2.54. The van der Waals surface area contributed by atoms with E-state index in [2.05, 4.69) is 22.0 Å². The Kier molecular flexibility index (Phi) is 5.03. The maximum absolute atomic E-state index is 12.2. The van der Waals surface area contributed by atoms with Gasteiger partial charge in [0.25, 0.3) is 5.24 Å². The molecule has 1 saturated heterocycles. The molecule has 140 valence electrons. The molecule has 1 amide bonds. The first kappa shape index (κ1) is 17.9. The van der Waals surface area contributed by atoms with Gasteiger partial charge in [0.05, 0.1) is 11.9 Å². The van der Waals surface area contributed by atoms with Crippen molar-refractivity contribution in [1.29, 1.82) is 0 Å². The van der Waals surface area contributed by atoms with Crippen molar-refractivity contribution < 1.29 is 4.79 Å². The Labute approximate surface area is 163 Å². The third-order valence-corrected chi connectivity index (χ3v) is 5.55. The fourth-order valence-corrected chi connectivity index (χ4v) is 3.97. The lowest BCUT2D eigenvalue weighted by molar-refractivity contribution is 0.219. The van der Waals surface area contributed by atoms with Crippen molar-refractivity contribution in [1.82, 2.24) is 19.5 Å². The molecular formula is C20H23N5OS. The lowest BCUT2D eigenvalue weighted by Gasteiger charge is -2.35.